The Hall–Kier alpha value is -2.08. The second kappa shape index (κ2) is 5.73. The van der Waals surface area contributed by atoms with Crippen molar-refractivity contribution in [3.8, 4) is 0 Å². The molecule has 110 valence electrons. The average molecular weight is 302 g/mol. The van der Waals surface area contributed by atoms with Gasteiger partial charge in [0, 0.05) is 12.6 Å². The number of thiazole rings is 1. The molecule has 1 fully saturated rings. The van der Waals surface area contributed by atoms with Gasteiger partial charge in [-0.05, 0) is 30.9 Å². The summed E-state index contributed by atoms with van der Waals surface area (Å²) in [5, 5.41) is 6.90. The number of aryl methyl sites for hydroxylation is 1. The fraction of sp³-hybridized carbons (Fsp3) is 0.333. The Labute approximate surface area is 127 Å². The van der Waals surface area contributed by atoms with E-state index in [1.54, 1.807) is 0 Å². The molecule has 0 atom stereocenters. The fourth-order valence-electron chi connectivity index (χ4n) is 2.02. The maximum Gasteiger partial charge on any atom is 0.265 e. The van der Waals surface area contributed by atoms with Crippen molar-refractivity contribution in [3.63, 3.8) is 0 Å². The van der Waals surface area contributed by atoms with E-state index in [0.717, 1.165) is 29.1 Å². The van der Waals surface area contributed by atoms with Crippen LogP contribution in [0.2, 0.25) is 0 Å². The molecule has 1 heterocycles. The van der Waals surface area contributed by atoms with E-state index in [0.29, 0.717) is 23.3 Å². The van der Waals surface area contributed by atoms with Crippen molar-refractivity contribution in [1.29, 1.82) is 0 Å². The molecule has 6 heteroatoms. The normalized spacial score (nSPS) is 14.0. The third-order valence-corrected chi connectivity index (χ3v) is 4.47. The highest BCUT2D eigenvalue weighted by molar-refractivity contribution is 7.18. The number of anilines is 2. The quantitative estimate of drug-likeness (QED) is 0.793. The Morgan fingerprint density at radius 1 is 1.43 bits per heavy atom. The molecule has 5 nitrogen and oxygen atoms in total. The zero-order chi connectivity index (χ0) is 14.8. The van der Waals surface area contributed by atoms with Crippen LogP contribution in [-0.2, 0) is 6.54 Å². The van der Waals surface area contributed by atoms with Crippen molar-refractivity contribution in [2.75, 3.05) is 11.1 Å². The van der Waals surface area contributed by atoms with Crippen molar-refractivity contribution >= 4 is 28.2 Å². The molecular formula is C15H18N4OS. The van der Waals surface area contributed by atoms with Crippen molar-refractivity contribution in [3.05, 3.63) is 40.3 Å². The highest BCUT2D eigenvalue weighted by atomic mass is 32.1. The Balaban J connectivity index is 1.64. The number of carbonyl (C=O) groups is 1. The molecular weight excluding hydrogens is 284 g/mol. The second-order valence-corrected chi connectivity index (χ2v) is 6.26. The number of aromatic nitrogens is 1. The standard InChI is InChI=1S/C15H18N4OS/c1-9-4-2-3-5-10(9)8-17-14(20)12-13(16)19-15(21-12)18-11-6-7-11/h2-5,11H,6-8,16H2,1H3,(H,17,20)(H,18,19). The van der Waals surface area contributed by atoms with Crippen molar-refractivity contribution in [1.82, 2.24) is 10.3 Å². The van der Waals surface area contributed by atoms with Gasteiger partial charge in [-0.15, -0.1) is 0 Å². The number of nitrogens with one attached hydrogen (secondary N) is 2. The summed E-state index contributed by atoms with van der Waals surface area (Å²) in [4.78, 5) is 16.9. The van der Waals surface area contributed by atoms with Crippen LogP contribution in [0.1, 0.15) is 33.6 Å². The molecule has 1 aliphatic carbocycles. The Kier molecular flexibility index (Phi) is 3.79. The first-order chi connectivity index (χ1) is 10.1. The summed E-state index contributed by atoms with van der Waals surface area (Å²) in [6.45, 7) is 2.52. The number of nitrogens with two attached hydrogens (primary N) is 1. The second-order valence-electron chi connectivity index (χ2n) is 5.26. The van der Waals surface area contributed by atoms with Crippen LogP contribution in [0.5, 0.6) is 0 Å². The van der Waals surface area contributed by atoms with Gasteiger partial charge in [-0.25, -0.2) is 4.98 Å². The lowest BCUT2D eigenvalue weighted by Gasteiger charge is -2.06. The minimum absolute atomic E-state index is 0.169. The number of nitrogens with zero attached hydrogens (tertiary/aromatic N) is 1. The van der Waals surface area contributed by atoms with Gasteiger partial charge in [0.2, 0.25) is 0 Å². The third kappa shape index (κ3) is 3.33. The predicted molar refractivity (Wildman–Crippen MR) is 85.5 cm³/mol. The van der Waals surface area contributed by atoms with Gasteiger partial charge in [0.15, 0.2) is 5.13 Å². The molecule has 0 aliphatic heterocycles. The van der Waals surface area contributed by atoms with E-state index >= 15 is 0 Å². The van der Waals surface area contributed by atoms with E-state index in [2.05, 4.69) is 15.6 Å². The lowest BCUT2D eigenvalue weighted by atomic mass is 10.1. The topological polar surface area (TPSA) is 80.0 Å². The maximum atomic E-state index is 12.2. The Morgan fingerprint density at radius 3 is 2.90 bits per heavy atom. The van der Waals surface area contributed by atoms with Crippen LogP contribution in [-0.4, -0.2) is 16.9 Å². The molecule has 1 aromatic carbocycles. The SMILES string of the molecule is Cc1ccccc1CNC(=O)c1sc(NC2CC2)nc1N. The van der Waals surface area contributed by atoms with Gasteiger partial charge in [-0.2, -0.15) is 0 Å². The van der Waals surface area contributed by atoms with Gasteiger partial charge < -0.3 is 16.4 Å². The first kappa shape index (κ1) is 13.9. The number of carbonyl (C=O) groups excluding carboxylic acids is 1. The van der Waals surface area contributed by atoms with E-state index in [1.807, 2.05) is 31.2 Å². The van der Waals surface area contributed by atoms with E-state index in [9.17, 15) is 4.79 Å². The third-order valence-electron chi connectivity index (χ3n) is 3.47. The average Bonchev–Trinajstić information content (AvgIpc) is 3.19. The van der Waals surface area contributed by atoms with E-state index in [-0.39, 0.29) is 5.91 Å². The van der Waals surface area contributed by atoms with Crippen LogP contribution in [0.25, 0.3) is 0 Å². The fourth-order valence-corrected chi connectivity index (χ4v) is 2.90. The van der Waals surface area contributed by atoms with Crippen LogP contribution in [0.4, 0.5) is 10.9 Å². The van der Waals surface area contributed by atoms with Gasteiger partial charge in [-0.1, -0.05) is 35.6 Å². The number of hydrogen-bond acceptors (Lipinski definition) is 5. The van der Waals surface area contributed by atoms with Crippen LogP contribution in [0, 0.1) is 6.92 Å². The lowest BCUT2D eigenvalue weighted by molar-refractivity contribution is 0.0955. The summed E-state index contributed by atoms with van der Waals surface area (Å²) in [5.74, 6) is 0.127. The summed E-state index contributed by atoms with van der Waals surface area (Å²) >= 11 is 1.32. The van der Waals surface area contributed by atoms with Crippen LogP contribution in [0.3, 0.4) is 0 Å². The van der Waals surface area contributed by atoms with Crippen molar-refractivity contribution < 1.29 is 4.79 Å². The summed E-state index contributed by atoms with van der Waals surface area (Å²) in [7, 11) is 0. The molecule has 21 heavy (non-hydrogen) atoms. The largest absolute Gasteiger partial charge is 0.382 e. The summed E-state index contributed by atoms with van der Waals surface area (Å²) in [5.41, 5.74) is 8.10. The van der Waals surface area contributed by atoms with E-state index < -0.39 is 0 Å². The number of benzene rings is 1. The molecule has 3 rings (SSSR count). The summed E-state index contributed by atoms with van der Waals surface area (Å²) in [6, 6.07) is 8.48. The molecule has 2 aromatic rings. The van der Waals surface area contributed by atoms with Crippen LogP contribution in [0.15, 0.2) is 24.3 Å². The van der Waals surface area contributed by atoms with Gasteiger partial charge in [-0.3, -0.25) is 4.79 Å². The van der Waals surface area contributed by atoms with Crippen molar-refractivity contribution in [2.24, 2.45) is 0 Å². The first-order valence-electron chi connectivity index (χ1n) is 6.99. The highest BCUT2D eigenvalue weighted by Crippen LogP contribution is 2.30. The molecule has 0 spiro atoms. The van der Waals surface area contributed by atoms with Crippen LogP contribution < -0.4 is 16.4 Å². The maximum absolute atomic E-state index is 12.2. The summed E-state index contributed by atoms with van der Waals surface area (Å²) in [6.07, 6.45) is 2.32. The molecule has 1 aromatic heterocycles. The van der Waals surface area contributed by atoms with Gasteiger partial charge in [0.25, 0.3) is 5.91 Å². The summed E-state index contributed by atoms with van der Waals surface area (Å²) < 4.78 is 0. The number of amides is 1. The molecule has 1 saturated carbocycles. The molecule has 0 unspecified atom stereocenters. The zero-order valence-electron chi connectivity index (χ0n) is 11.8. The predicted octanol–water partition coefficient (Wildman–Crippen LogP) is 2.54. The molecule has 0 radical (unpaired) electrons. The monoisotopic (exact) mass is 302 g/mol. The minimum atomic E-state index is -0.169. The number of hydrogen-bond donors (Lipinski definition) is 3. The van der Waals surface area contributed by atoms with Gasteiger partial charge in [0.05, 0.1) is 0 Å². The number of rotatable bonds is 5. The smallest absolute Gasteiger partial charge is 0.265 e. The van der Waals surface area contributed by atoms with E-state index in [1.165, 1.54) is 11.3 Å². The number of nitrogen functional groups attached to an aromatic ring is 1. The minimum Gasteiger partial charge on any atom is -0.382 e. The highest BCUT2D eigenvalue weighted by Gasteiger charge is 2.24. The van der Waals surface area contributed by atoms with E-state index in [4.69, 9.17) is 5.73 Å². The Bertz CT molecular complexity index is 663. The van der Waals surface area contributed by atoms with Gasteiger partial charge >= 0.3 is 0 Å². The van der Waals surface area contributed by atoms with Gasteiger partial charge in [0.1, 0.15) is 10.7 Å². The van der Waals surface area contributed by atoms with Crippen molar-refractivity contribution in [2.45, 2.75) is 32.4 Å². The molecule has 1 amide bonds. The molecule has 4 N–H and O–H groups in total. The molecule has 0 bridgehead atoms. The Morgan fingerprint density at radius 2 is 2.19 bits per heavy atom. The first-order valence-corrected chi connectivity index (χ1v) is 7.80. The lowest BCUT2D eigenvalue weighted by Crippen LogP contribution is -2.23. The molecule has 0 saturated heterocycles. The molecule has 1 aliphatic rings. The van der Waals surface area contributed by atoms with Crippen LogP contribution >= 0.6 is 11.3 Å². The zero-order valence-corrected chi connectivity index (χ0v) is 12.7.